The van der Waals surface area contributed by atoms with E-state index in [0.717, 1.165) is 11.6 Å². The summed E-state index contributed by atoms with van der Waals surface area (Å²) >= 11 is 1.25. The second kappa shape index (κ2) is 6.67. The topological polar surface area (TPSA) is 87.2 Å². The largest absolute Gasteiger partial charge is 0.301 e. The number of nitrogens with zero attached hydrogens (tertiary/aromatic N) is 2. The van der Waals surface area contributed by atoms with Crippen molar-refractivity contribution in [3.05, 3.63) is 58.0 Å². The minimum Gasteiger partial charge on any atom is -0.301 e. The van der Waals surface area contributed by atoms with E-state index < -0.39 is 5.91 Å². The summed E-state index contributed by atoms with van der Waals surface area (Å²) in [5, 5.41) is 4.20. The average Bonchev–Trinajstić information content (AvgIpc) is 2.47. The molecule has 1 aromatic heterocycles. The molecular formula is C13H12N4O2S. The Bertz CT molecular complexity index is 682. The van der Waals surface area contributed by atoms with Crippen molar-refractivity contribution in [1.82, 2.24) is 15.4 Å². The van der Waals surface area contributed by atoms with Crippen LogP contribution in [0, 0.1) is 0 Å². The molecule has 2 aromatic rings. The molecule has 2 rings (SSSR count). The van der Waals surface area contributed by atoms with Crippen molar-refractivity contribution >= 4 is 23.9 Å². The molecule has 1 aromatic carbocycles. The fourth-order valence-electron chi connectivity index (χ4n) is 1.41. The maximum atomic E-state index is 11.8. The Labute approximate surface area is 119 Å². The second-order valence-electron chi connectivity index (χ2n) is 3.75. The van der Waals surface area contributed by atoms with Crippen molar-refractivity contribution in [3.8, 4) is 0 Å². The van der Waals surface area contributed by atoms with Gasteiger partial charge in [-0.15, -0.1) is 0 Å². The van der Waals surface area contributed by atoms with Gasteiger partial charge < -0.3 is 4.98 Å². The summed E-state index contributed by atoms with van der Waals surface area (Å²) in [5.41, 5.74) is 2.85. The molecule has 102 valence electrons. The maximum absolute atomic E-state index is 11.8. The van der Waals surface area contributed by atoms with Gasteiger partial charge in [0.05, 0.1) is 6.21 Å². The molecule has 0 spiro atoms. The lowest BCUT2D eigenvalue weighted by Crippen LogP contribution is -2.22. The number of amides is 1. The Morgan fingerprint density at radius 2 is 2.15 bits per heavy atom. The van der Waals surface area contributed by atoms with E-state index in [0.29, 0.717) is 5.16 Å². The highest BCUT2D eigenvalue weighted by Gasteiger charge is 2.08. The molecule has 0 aliphatic rings. The molecule has 6 nitrogen and oxygen atoms in total. The highest BCUT2D eigenvalue weighted by Crippen LogP contribution is 2.05. The van der Waals surface area contributed by atoms with Gasteiger partial charge in [0.2, 0.25) is 0 Å². The van der Waals surface area contributed by atoms with Gasteiger partial charge in [0.15, 0.2) is 5.16 Å². The van der Waals surface area contributed by atoms with Crippen molar-refractivity contribution in [3.63, 3.8) is 0 Å². The first kappa shape index (κ1) is 14.0. The molecule has 0 unspecified atom stereocenters. The Morgan fingerprint density at radius 3 is 2.85 bits per heavy atom. The van der Waals surface area contributed by atoms with Crippen molar-refractivity contribution in [2.75, 3.05) is 6.26 Å². The third-order valence-electron chi connectivity index (χ3n) is 2.33. The zero-order valence-electron chi connectivity index (χ0n) is 10.7. The van der Waals surface area contributed by atoms with Crippen molar-refractivity contribution in [1.29, 1.82) is 0 Å². The van der Waals surface area contributed by atoms with Crippen LogP contribution in [0.15, 0.2) is 51.5 Å². The van der Waals surface area contributed by atoms with Crippen LogP contribution in [0.5, 0.6) is 0 Å². The maximum Gasteiger partial charge on any atom is 0.290 e. The first-order valence-electron chi connectivity index (χ1n) is 5.73. The van der Waals surface area contributed by atoms with Gasteiger partial charge in [0.1, 0.15) is 5.69 Å². The zero-order chi connectivity index (χ0) is 14.4. The van der Waals surface area contributed by atoms with Crippen LogP contribution in [0.4, 0.5) is 0 Å². The molecule has 20 heavy (non-hydrogen) atoms. The number of carbonyl (C=O) groups is 1. The minimum absolute atomic E-state index is 0.0308. The van der Waals surface area contributed by atoms with E-state index in [1.54, 1.807) is 6.26 Å². The number of rotatable bonds is 4. The van der Waals surface area contributed by atoms with Crippen LogP contribution in [0.3, 0.4) is 0 Å². The summed E-state index contributed by atoms with van der Waals surface area (Å²) in [6, 6.07) is 10.5. The molecule has 0 aliphatic heterocycles. The number of aromatic nitrogens is 2. The lowest BCUT2D eigenvalue weighted by molar-refractivity contribution is 0.0949. The summed E-state index contributed by atoms with van der Waals surface area (Å²) < 4.78 is 0. The van der Waals surface area contributed by atoms with Gasteiger partial charge in [-0.25, -0.2) is 10.4 Å². The minimum atomic E-state index is -0.529. The van der Waals surface area contributed by atoms with Crippen LogP contribution < -0.4 is 11.0 Å². The molecule has 0 saturated carbocycles. The molecule has 2 N–H and O–H groups in total. The standard InChI is InChI=1S/C13H12N4O2S/c1-20-13-15-10(7-11(18)16-13)12(19)17-14-8-9-5-3-2-4-6-9/h2-8H,1H3,(H,17,19)(H,15,16,18)/b14-8+. The van der Waals surface area contributed by atoms with Gasteiger partial charge in [-0.1, -0.05) is 42.1 Å². The second-order valence-corrected chi connectivity index (χ2v) is 4.54. The molecule has 0 atom stereocenters. The van der Waals surface area contributed by atoms with E-state index in [1.165, 1.54) is 18.0 Å². The van der Waals surface area contributed by atoms with Crippen LogP contribution in [-0.2, 0) is 0 Å². The Balaban J connectivity index is 2.07. The van der Waals surface area contributed by atoms with Crippen LogP contribution >= 0.6 is 11.8 Å². The van der Waals surface area contributed by atoms with Crippen molar-refractivity contribution < 1.29 is 4.79 Å². The molecule has 7 heteroatoms. The van der Waals surface area contributed by atoms with E-state index in [2.05, 4.69) is 20.5 Å². The molecular weight excluding hydrogens is 276 g/mol. The van der Waals surface area contributed by atoms with Crippen LogP contribution in [0.25, 0.3) is 0 Å². The summed E-state index contributed by atoms with van der Waals surface area (Å²) in [4.78, 5) is 29.7. The normalized spacial score (nSPS) is 10.7. The fraction of sp³-hybridized carbons (Fsp3) is 0.0769. The predicted molar refractivity (Wildman–Crippen MR) is 78.1 cm³/mol. The number of hydrogen-bond acceptors (Lipinski definition) is 5. The lowest BCUT2D eigenvalue weighted by Gasteiger charge is -2.00. The summed E-state index contributed by atoms with van der Waals surface area (Å²) in [6.45, 7) is 0. The molecule has 1 heterocycles. The molecule has 0 bridgehead atoms. The van der Waals surface area contributed by atoms with Crippen LogP contribution in [0.1, 0.15) is 16.1 Å². The number of hydrogen-bond donors (Lipinski definition) is 2. The number of hydrazone groups is 1. The SMILES string of the molecule is CSc1nc(C(=O)N/N=C/c2ccccc2)cc(=O)[nH]1. The first-order chi connectivity index (χ1) is 9.69. The number of aromatic amines is 1. The van der Waals surface area contributed by atoms with Crippen molar-refractivity contribution in [2.24, 2.45) is 5.10 Å². The van der Waals surface area contributed by atoms with Gasteiger partial charge >= 0.3 is 0 Å². The smallest absolute Gasteiger partial charge is 0.290 e. The molecule has 0 saturated heterocycles. The summed E-state index contributed by atoms with van der Waals surface area (Å²) in [6.07, 6.45) is 3.27. The monoisotopic (exact) mass is 288 g/mol. The Hall–Kier alpha value is -2.41. The summed E-state index contributed by atoms with van der Waals surface area (Å²) in [7, 11) is 0. The quantitative estimate of drug-likeness (QED) is 0.384. The van der Waals surface area contributed by atoms with E-state index in [-0.39, 0.29) is 11.3 Å². The number of benzene rings is 1. The van der Waals surface area contributed by atoms with Gasteiger partial charge in [-0.05, 0) is 11.8 Å². The van der Waals surface area contributed by atoms with Crippen molar-refractivity contribution in [2.45, 2.75) is 5.16 Å². The Morgan fingerprint density at radius 1 is 1.40 bits per heavy atom. The highest BCUT2D eigenvalue weighted by atomic mass is 32.2. The molecule has 0 fully saturated rings. The lowest BCUT2D eigenvalue weighted by atomic mass is 10.2. The van der Waals surface area contributed by atoms with Gasteiger partial charge in [-0.3, -0.25) is 9.59 Å². The zero-order valence-corrected chi connectivity index (χ0v) is 11.5. The fourth-order valence-corrected chi connectivity index (χ4v) is 1.80. The van der Waals surface area contributed by atoms with E-state index in [1.807, 2.05) is 30.3 Å². The third kappa shape index (κ3) is 3.79. The van der Waals surface area contributed by atoms with E-state index in [4.69, 9.17) is 0 Å². The Kier molecular flexibility index (Phi) is 4.67. The molecule has 1 amide bonds. The summed E-state index contributed by atoms with van der Waals surface area (Å²) in [5.74, 6) is -0.529. The predicted octanol–water partition coefficient (Wildman–Crippen LogP) is 1.26. The van der Waals surface area contributed by atoms with Crippen LogP contribution in [-0.4, -0.2) is 28.3 Å². The van der Waals surface area contributed by atoms with E-state index in [9.17, 15) is 9.59 Å². The number of carbonyl (C=O) groups excluding carboxylic acids is 1. The van der Waals surface area contributed by atoms with Gasteiger partial charge in [-0.2, -0.15) is 5.10 Å². The number of nitrogens with one attached hydrogen (secondary N) is 2. The van der Waals surface area contributed by atoms with Gasteiger partial charge in [0, 0.05) is 6.07 Å². The number of H-pyrrole nitrogens is 1. The highest BCUT2D eigenvalue weighted by molar-refractivity contribution is 7.98. The molecule has 0 radical (unpaired) electrons. The average molecular weight is 288 g/mol. The third-order valence-corrected chi connectivity index (χ3v) is 2.91. The molecule has 0 aliphatic carbocycles. The van der Waals surface area contributed by atoms with E-state index >= 15 is 0 Å². The number of thioether (sulfide) groups is 1. The first-order valence-corrected chi connectivity index (χ1v) is 6.95. The van der Waals surface area contributed by atoms with Crippen LogP contribution in [0.2, 0.25) is 0 Å². The van der Waals surface area contributed by atoms with Gasteiger partial charge in [0.25, 0.3) is 11.5 Å².